The third-order valence-electron chi connectivity index (χ3n) is 2.14. The van der Waals surface area contributed by atoms with Crippen LogP contribution in [0.3, 0.4) is 0 Å². The average molecular weight is 193 g/mol. The van der Waals surface area contributed by atoms with E-state index in [4.69, 9.17) is 0 Å². The van der Waals surface area contributed by atoms with Crippen LogP contribution in [0.2, 0.25) is 0 Å². The highest BCUT2D eigenvalue weighted by molar-refractivity contribution is 5.91. The number of aromatic nitrogens is 1. The van der Waals surface area contributed by atoms with Crippen LogP contribution >= 0.6 is 0 Å². The van der Waals surface area contributed by atoms with Gasteiger partial charge >= 0.3 is 6.03 Å². The number of amides is 2. The Hall–Kier alpha value is -1.58. The van der Waals surface area contributed by atoms with Crippen LogP contribution in [-0.4, -0.2) is 36.6 Å². The lowest BCUT2D eigenvalue weighted by molar-refractivity contribution is 0.219. The fourth-order valence-corrected chi connectivity index (χ4v) is 1.07. The van der Waals surface area contributed by atoms with Gasteiger partial charge in [0, 0.05) is 38.7 Å². The molecule has 0 unspecified atom stereocenters. The summed E-state index contributed by atoms with van der Waals surface area (Å²) in [6.07, 6.45) is 3.34. The van der Waals surface area contributed by atoms with E-state index >= 15 is 0 Å². The summed E-state index contributed by atoms with van der Waals surface area (Å²) in [5.41, 5.74) is 0.852. The first-order valence-corrected chi connectivity index (χ1v) is 4.55. The molecule has 0 saturated heterocycles. The molecule has 4 nitrogen and oxygen atoms in total. The van der Waals surface area contributed by atoms with Crippen molar-refractivity contribution in [2.75, 3.05) is 25.5 Å². The van der Waals surface area contributed by atoms with Crippen molar-refractivity contribution in [1.29, 1.82) is 0 Å². The lowest BCUT2D eigenvalue weighted by Gasteiger charge is -2.23. The quantitative estimate of drug-likeness (QED) is 0.715. The van der Waals surface area contributed by atoms with Gasteiger partial charge < -0.3 is 4.90 Å². The van der Waals surface area contributed by atoms with Crippen molar-refractivity contribution in [3.05, 3.63) is 24.5 Å². The van der Waals surface area contributed by atoms with Crippen molar-refractivity contribution in [2.24, 2.45) is 0 Å². The summed E-state index contributed by atoms with van der Waals surface area (Å²) in [6, 6.07) is 3.60. The summed E-state index contributed by atoms with van der Waals surface area (Å²) in [5, 5.41) is 0. The molecule has 4 heteroatoms. The number of anilines is 1. The number of rotatable bonds is 2. The number of hydrogen-bond acceptors (Lipinski definition) is 2. The second kappa shape index (κ2) is 4.60. The molecule has 0 N–H and O–H groups in total. The lowest BCUT2D eigenvalue weighted by Crippen LogP contribution is -2.38. The lowest BCUT2D eigenvalue weighted by atomic mass is 10.4. The predicted molar refractivity (Wildman–Crippen MR) is 56.3 cm³/mol. The molecular weight excluding hydrogens is 178 g/mol. The Balaban J connectivity index is 2.76. The van der Waals surface area contributed by atoms with Gasteiger partial charge in [0.1, 0.15) is 0 Å². The fourth-order valence-electron chi connectivity index (χ4n) is 1.07. The first kappa shape index (κ1) is 10.5. The average Bonchev–Trinajstić information content (AvgIpc) is 2.27. The van der Waals surface area contributed by atoms with Crippen LogP contribution in [-0.2, 0) is 0 Å². The Kier molecular flexibility index (Phi) is 3.45. The predicted octanol–water partition coefficient (Wildman–Crippen LogP) is 1.59. The van der Waals surface area contributed by atoms with E-state index in [1.165, 1.54) is 0 Å². The number of carbonyl (C=O) groups excluding carboxylic acids is 1. The maximum Gasteiger partial charge on any atom is 0.323 e. The molecule has 0 aliphatic carbocycles. The first-order valence-electron chi connectivity index (χ1n) is 4.55. The highest BCUT2D eigenvalue weighted by Crippen LogP contribution is 2.11. The van der Waals surface area contributed by atoms with Gasteiger partial charge in [0.15, 0.2) is 0 Å². The number of urea groups is 1. The Morgan fingerprint density at radius 2 is 1.93 bits per heavy atom. The SMILES string of the molecule is CCN(C)C(=O)N(C)c1ccncc1. The third kappa shape index (κ3) is 2.22. The maximum atomic E-state index is 11.7. The maximum absolute atomic E-state index is 11.7. The molecule has 1 aromatic heterocycles. The second-order valence-corrected chi connectivity index (χ2v) is 3.06. The molecule has 0 aliphatic rings. The second-order valence-electron chi connectivity index (χ2n) is 3.06. The molecule has 0 fully saturated rings. The summed E-state index contributed by atoms with van der Waals surface area (Å²) < 4.78 is 0. The van der Waals surface area contributed by atoms with Gasteiger partial charge in [-0.1, -0.05) is 0 Å². The van der Waals surface area contributed by atoms with E-state index in [-0.39, 0.29) is 6.03 Å². The summed E-state index contributed by atoms with van der Waals surface area (Å²) in [7, 11) is 3.53. The van der Waals surface area contributed by atoms with Crippen molar-refractivity contribution >= 4 is 11.7 Å². The van der Waals surface area contributed by atoms with E-state index in [1.54, 1.807) is 48.4 Å². The number of hydrogen-bond donors (Lipinski definition) is 0. The van der Waals surface area contributed by atoms with Crippen LogP contribution in [0.1, 0.15) is 6.92 Å². The number of carbonyl (C=O) groups is 1. The molecule has 0 spiro atoms. The molecule has 0 bridgehead atoms. The van der Waals surface area contributed by atoms with Gasteiger partial charge in [-0.25, -0.2) is 4.79 Å². The van der Waals surface area contributed by atoms with Crippen molar-refractivity contribution in [1.82, 2.24) is 9.88 Å². The molecule has 76 valence electrons. The fraction of sp³-hybridized carbons (Fsp3) is 0.400. The largest absolute Gasteiger partial charge is 0.328 e. The van der Waals surface area contributed by atoms with E-state index in [0.717, 1.165) is 5.69 Å². The van der Waals surface area contributed by atoms with E-state index in [1.807, 2.05) is 6.92 Å². The van der Waals surface area contributed by atoms with Crippen LogP contribution in [0.4, 0.5) is 10.5 Å². The van der Waals surface area contributed by atoms with E-state index in [9.17, 15) is 4.79 Å². The van der Waals surface area contributed by atoms with Crippen LogP contribution in [0.5, 0.6) is 0 Å². The molecule has 14 heavy (non-hydrogen) atoms. The molecule has 0 atom stereocenters. The van der Waals surface area contributed by atoms with Crippen molar-refractivity contribution in [2.45, 2.75) is 6.92 Å². The molecule has 1 aromatic rings. The van der Waals surface area contributed by atoms with Gasteiger partial charge in [0.05, 0.1) is 0 Å². The van der Waals surface area contributed by atoms with Crippen LogP contribution < -0.4 is 4.90 Å². The van der Waals surface area contributed by atoms with Crippen molar-refractivity contribution in [3.8, 4) is 0 Å². The first-order chi connectivity index (χ1) is 6.66. The van der Waals surface area contributed by atoms with Gasteiger partial charge in [0.25, 0.3) is 0 Å². The minimum atomic E-state index is -0.0151. The van der Waals surface area contributed by atoms with E-state index in [2.05, 4.69) is 4.98 Å². The summed E-state index contributed by atoms with van der Waals surface area (Å²) in [6.45, 7) is 2.65. The van der Waals surface area contributed by atoms with Crippen LogP contribution in [0.25, 0.3) is 0 Å². The van der Waals surface area contributed by atoms with Gasteiger partial charge in [0.2, 0.25) is 0 Å². The number of nitrogens with zero attached hydrogens (tertiary/aromatic N) is 3. The molecule has 2 amide bonds. The van der Waals surface area contributed by atoms with Gasteiger partial charge in [-0.05, 0) is 19.1 Å². The minimum absolute atomic E-state index is 0.0151. The summed E-state index contributed by atoms with van der Waals surface area (Å²) in [4.78, 5) is 18.9. The Bertz CT molecular complexity index is 299. The summed E-state index contributed by atoms with van der Waals surface area (Å²) in [5.74, 6) is 0. The zero-order valence-corrected chi connectivity index (χ0v) is 8.77. The van der Waals surface area contributed by atoms with Crippen molar-refractivity contribution < 1.29 is 4.79 Å². The van der Waals surface area contributed by atoms with Crippen LogP contribution in [0.15, 0.2) is 24.5 Å². The zero-order chi connectivity index (χ0) is 10.6. The molecule has 0 radical (unpaired) electrons. The van der Waals surface area contributed by atoms with Gasteiger partial charge in [-0.15, -0.1) is 0 Å². The molecule has 0 aliphatic heterocycles. The molecule has 1 rings (SSSR count). The highest BCUT2D eigenvalue weighted by atomic mass is 16.2. The van der Waals surface area contributed by atoms with Gasteiger partial charge in [-0.2, -0.15) is 0 Å². The van der Waals surface area contributed by atoms with Gasteiger partial charge in [-0.3, -0.25) is 9.88 Å². The standard InChI is InChI=1S/C10H15N3O/c1-4-12(2)10(14)13(3)9-5-7-11-8-6-9/h5-8H,4H2,1-3H3. The van der Waals surface area contributed by atoms with E-state index in [0.29, 0.717) is 6.54 Å². The normalized spacial score (nSPS) is 9.64. The highest BCUT2D eigenvalue weighted by Gasteiger charge is 2.13. The topological polar surface area (TPSA) is 36.4 Å². The number of pyridine rings is 1. The molecule has 0 aromatic carbocycles. The third-order valence-corrected chi connectivity index (χ3v) is 2.14. The zero-order valence-electron chi connectivity index (χ0n) is 8.77. The Morgan fingerprint density at radius 1 is 1.36 bits per heavy atom. The summed E-state index contributed by atoms with van der Waals surface area (Å²) >= 11 is 0. The smallest absolute Gasteiger partial charge is 0.323 e. The molecule has 1 heterocycles. The monoisotopic (exact) mass is 193 g/mol. The molecular formula is C10H15N3O. The molecule has 0 saturated carbocycles. The minimum Gasteiger partial charge on any atom is -0.328 e. The van der Waals surface area contributed by atoms with Crippen LogP contribution in [0, 0.1) is 0 Å². The van der Waals surface area contributed by atoms with Crippen molar-refractivity contribution in [3.63, 3.8) is 0 Å². The Morgan fingerprint density at radius 3 is 2.43 bits per heavy atom. The Labute approximate surface area is 84.2 Å². The van der Waals surface area contributed by atoms with E-state index < -0.39 is 0 Å².